The van der Waals surface area contributed by atoms with Crippen molar-refractivity contribution < 1.29 is 0 Å². The molecular weight excluding hydrogens is 160 g/mol. The van der Waals surface area contributed by atoms with E-state index in [-0.39, 0.29) is 0 Å². The Bertz CT molecular complexity index is 167. The minimum absolute atomic E-state index is 0.784. The summed E-state index contributed by atoms with van der Waals surface area (Å²) in [6, 6.07) is 1.68. The van der Waals surface area contributed by atoms with E-state index < -0.39 is 0 Å². The van der Waals surface area contributed by atoms with E-state index in [4.69, 9.17) is 0 Å². The highest BCUT2D eigenvalue weighted by atomic mass is 15.1. The third-order valence-electron chi connectivity index (χ3n) is 3.75. The molecule has 13 heavy (non-hydrogen) atoms. The summed E-state index contributed by atoms with van der Waals surface area (Å²) in [5, 5.41) is 7.31. The van der Waals surface area contributed by atoms with Crippen LogP contribution >= 0.6 is 0 Å². The second kappa shape index (κ2) is 3.25. The van der Waals surface area contributed by atoms with Gasteiger partial charge in [-0.25, -0.2) is 0 Å². The number of nitrogens with one attached hydrogen (secondary N) is 2. The molecule has 2 aliphatic carbocycles. The molecule has 0 aromatic rings. The summed E-state index contributed by atoms with van der Waals surface area (Å²) in [5.74, 6) is 2.10. The third kappa shape index (κ3) is 1.89. The van der Waals surface area contributed by atoms with Gasteiger partial charge in [-0.15, -0.1) is 0 Å². The van der Waals surface area contributed by atoms with Crippen LogP contribution in [-0.2, 0) is 0 Å². The van der Waals surface area contributed by atoms with Crippen LogP contribution in [0.3, 0.4) is 0 Å². The van der Waals surface area contributed by atoms with Gasteiger partial charge in [-0.3, -0.25) is 0 Å². The summed E-state index contributed by atoms with van der Waals surface area (Å²) in [6.45, 7) is 2.43. The molecule has 1 aliphatic heterocycles. The Balaban J connectivity index is 1.54. The predicted molar refractivity (Wildman–Crippen MR) is 53.6 cm³/mol. The van der Waals surface area contributed by atoms with Crippen LogP contribution in [0.15, 0.2) is 0 Å². The molecule has 3 fully saturated rings. The summed E-state index contributed by atoms with van der Waals surface area (Å²) < 4.78 is 0. The Labute approximate surface area is 80.5 Å². The van der Waals surface area contributed by atoms with Gasteiger partial charge in [-0.05, 0) is 50.5 Å². The normalized spacial score (nSPS) is 34.4. The zero-order valence-electron chi connectivity index (χ0n) is 8.26. The van der Waals surface area contributed by atoms with Gasteiger partial charge in [-0.2, -0.15) is 0 Å². The standard InChI is InChI=1S/C11H20N2/c1-2-8(1)11(9-3-4-9)13-10-5-6-12-7-10/h8-13H,1-7H2. The Morgan fingerprint density at radius 2 is 1.69 bits per heavy atom. The van der Waals surface area contributed by atoms with Gasteiger partial charge in [0.05, 0.1) is 0 Å². The summed E-state index contributed by atoms with van der Waals surface area (Å²) in [7, 11) is 0. The molecule has 74 valence electrons. The summed E-state index contributed by atoms with van der Waals surface area (Å²) in [5.41, 5.74) is 0. The lowest BCUT2D eigenvalue weighted by Gasteiger charge is -2.22. The molecule has 3 aliphatic rings. The topological polar surface area (TPSA) is 24.1 Å². The van der Waals surface area contributed by atoms with Crippen molar-refractivity contribution in [2.24, 2.45) is 11.8 Å². The first kappa shape index (κ1) is 8.25. The van der Waals surface area contributed by atoms with Gasteiger partial charge in [0, 0.05) is 18.6 Å². The largest absolute Gasteiger partial charge is 0.315 e. The molecule has 2 N–H and O–H groups in total. The van der Waals surface area contributed by atoms with E-state index in [0.29, 0.717) is 0 Å². The van der Waals surface area contributed by atoms with Crippen LogP contribution < -0.4 is 10.6 Å². The minimum Gasteiger partial charge on any atom is -0.315 e. The van der Waals surface area contributed by atoms with Crippen LogP contribution in [0.1, 0.15) is 32.1 Å². The molecule has 1 atom stereocenters. The first-order chi connectivity index (χ1) is 6.43. The molecule has 0 aromatic heterocycles. The molecule has 1 saturated heterocycles. The lowest BCUT2D eigenvalue weighted by molar-refractivity contribution is 0.372. The van der Waals surface area contributed by atoms with Gasteiger partial charge in [-0.1, -0.05) is 0 Å². The molecule has 0 spiro atoms. The number of hydrogen-bond donors (Lipinski definition) is 2. The highest BCUT2D eigenvalue weighted by Crippen LogP contribution is 2.44. The van der Waals surface area contributed by atoms with E-state index in [2.05, 4.69) is 10.6 Å². The van der Waals surface area contributed by atoms with Crippen LogP contribution in [0.4, 0.5) is 0 Å². The third-order valence-corrected chi connectivity index (χ3v) is 3.75. The molecule has 1 heterocycles. The summed E-state index contributed by atoms with van der Waals surface area (Å²) >= 11 is 0. The SMILES string of the molecule is C1CC(NC(C2CC2)C2CC2)CN1. The molecule has 2 nitrogen and oxygen atoms in total. The fourth-order valence-electron chi connectivity index (χ4n) is 2.64. The van der Waals surface area contributed by atoms with E-state index in [1.54, 1.807) is 0 Å². The van der Waals surface area contributed by atoms with E-state index in [1.165, 1.54) is 45.2 Å². The average molecular weight is 180 g/mol. The maximum absolute atomic E-state index is 3.88. The van der Waals surface area contributed by atoms with Crippen LogP contribution in [0, 0.1) is 11.8 Å². The minimum atomic E-state index is 0.784. The van der Waals surface area contributed by atoms with Crippen molar-refractivity contribution in [2.75, 3.05) is 13.1 Å². The van der Waals surface area contributed by atoms with Crippen molar-refractivity contribution in [3.05, 3.63) is 0 Å². The molecule has 0 bridgehead atoms. The second-order valence-electron chi connectivity index (χ2n) is 5.06. The summed E-state index contributed by atoms with van der Waals surface area (Å²) in [6.07, 6.45) is 7.32. The average Bonchev–Trinajstić information content (AvgIpc) is 3.04. The molecule has 2 heteroatoms. The molecule has 1 unspecified atom stereocenters. The Hall–Kier alpha value is -0.0800. The Morgan fingerprint density at radius 1 is 1.00 bits per heavy atom. The maximum Gasteiger partial charge on any atom is 0.0207 e. The molecule has 0 amide bonds. The Morgan fingerprint density at radius 3 is 2.15 bits per heavy atom. The molecule has 0 aromatic carbocycles. The molecular formula is C11H20N2. The van der Waals surface area contributed by atoms with Crippen LogP contribution in [0.5, 0.6) is 0 Å². The van der Waals surface area contributed by atoms with E-state index in [9.17, 15) is 0 Å². The van der Waals surface area contributed by atoms with Gasteiger partial charge < -0.3 is 10.6 Å². The van der Waals surface area contributed by atoms with Crippen LogP contribution in [0.2, 0.25) is 0 Å². The highest BCUT2D eigenvalue weighted by Gasteiger charge is 2.42. The lowest BCUT2D eigenvalue weighted by atomic mass is 10.1. The van der Waals surface area contributed by atoms with E-state index >= 15 is 0 Å². The van der Waals surface area contributed by atoms with Crippen molar-refractivity contribution in [3.8, 4) is 0 Å². The van der Waals surface area contributed by atoms with Gasteiger partial charge in [0.15, 0.2) is 0 Å². The van der Waals surface area contributed by atoms with E-state index in [1.807, 2.05) is 0 Å². The lowest BCUT2D eigenvalue weighted by Crippen LogP contribution is -2.42. The zero-order chi connectivity index (χ0) is 8.67. The smallest absolute Gasteiger partial charge is 0.0207 e. The van der Waals surface area contributed by atoms with Crippen molar-refractivity contribution in [1.29, 1.82) is 0 Å². The van der Waals surface area contributed by atoms with Crippen molar-refractivity contribution in [2.45, 2.75) is 44.2 Å². The van der Waals surface area contributed by atoms with Gasteiger partial charge in [0.25, 0.3) is 0 Å². The Kier molecular flexibility index (Phi) is 2.06. The van der Waals surface area contributed by atoms with Gasteiger partial charge in [0.1, 0.15) is 0 Å². The highest BCUT2D eigenvalue weighted by molar-refractivity contribution is 4.98. The first-order valence-electron chi connectivity index (χ1n) is 5.90. The van der Waals surface area contributed by atoms with Gasteiger partial charge >= 0.3 is 0 Å². The number of hydrogen-bond acceptors (Lipinski definition) is 2. The zero-order valence-corrected chi connectivity index (χ0v) is 8.26. The quantitative estimate of drug-likeness (QED) is 0.677. The van der Waals surface area contributed by atoms with Crippen molar-refractivity contribution in [1.82, 2.24) is 10.6 Å². The van der Waals surface area contributed by atoms with Gasteiger partial charge in [0.2, 0.25) is 0 Å². The fourth-order valence-corrected chi connectivity index (χ4v) is 2.64. The van der Waals surface area contributed by atoms with Crippen molar-refractivity contribution >= 4 is 0 Å². The number of rotatable bonds is 4. The summed E-state index contributed by atoms with van der Waals surface area (Å²) in [4.78, 5) is 0. The van der Waals surface area contributed by atoms with E-state index in [0.717, 1.165) is 23.9 Å². The molecule has 0 radical (unpaired) electrons. The fraction of sp³-hybridized carbons (Fsp3) is 1.00. The molecule has 2 saturated carbocycles. The first-order valence-corrected chi connectivity index (χ1v) is 5.90. The van der Waals surface area contributed by atoms with Crippen LogP contribution in [0.25, 0.3) is 0 Å². The van der Waals surface area contributed by atoms with Crippen molar-refractivity contribution in [3.63, 3.8) is 0 Å². The predicted octanol–water partition coefficient (Wildman–Crippen LogP) is 1.13. The monoisotopic (exact) mass is 180 g/mol. The molecule has 3 rings (SSSR count). The van der Waals surface area contributed by atoms with Crippen LogP contribution in [-0.4, -0.2) is 25.2 Å². The second-order valence-corrected chi connectivity index (χ2v) is 5.06. The maximum atomic E-state index is 3.88.